The highest BCUT2D eigenvalue weighted by Gasteiger charge is 2.30. The van der Waals surface area contributed by atoms with E-state index in [1.807, 2.05) is 0 Å². The highest BCUT2D eigenvalue weighted by Crippen LogP contribution is 2.45. The Kier molecular flexibility index (Phi) is 64.3. The van der Waals surface area contributed by atoms with E-state index < -0.39 is 97.5 Å². The molecule has 0 saturated heterocycles. The van der Waals surface area contributed by atoms with E-state index in [0.717, 1.165) is 108 Å². The second-order valence-corrected chi connectivity index (χ2v) is 31.1. The molecule has 0 fully saturated rings. The van der Waals surface area contributed by atoms with Gasteiger partial charge < -0.3 is 33.8 Å². The number of esters is 4. The minimum absolute atomic E-state index is 0.105. The molecular formula is C75H146O17P2. The summed E-state index contributed by atoms with van der Waals surface area (Å²) in [6, 6.07) is 0. The third kappa shape index (κ3) is 67.3. The fourth-order valence-corrected chi connectivity index (χ4v) is 13.0. The van der Waals surface area contributed by atoms with Crippen molar-refractivity contribution in [2.24, 2.45) is 17.8 Å². The van der Waals surface area contributed by atoms with Crippen molar-refractivity contribution in [1.82, 2.24) is 0 Å². The van der Waals surface area contributed by atoms with Crippen LogP contribution >= 0.6 is 15.6 Å². The van der Waals surface area contributed by atoms with E-state index in [1.54, 1.807) is 0 Å². The summed E-state index contributed by atoms with van der Waals surface area (Å²) in [6.07, 6.45) is 51.3. The third-order valence-corrected chi connectivity index (χ3v) is 19.6. The number of carbonyl (C=O) groups is 4. The quantitative estimate of drug-likeness (QED) is 0.0222. The van der Waals surface area contributed by atoms with Gasteiger partial charge in [-0.05, 0) is 43.4 Å². The van der Waals surface area contributed by atoms with E-state index in [4.69, 9.17) is 37.0 Å². The Morgan fingerprint density at radius 1 is 0.309 bits per heavy atom. The number of unbranched alkanes of at least 4 members (excludes halogenated alkanes) is 40. The normalized spacial score (nSPS) is 14.4. The number of phosphoric acid groups is 2. The molecule has 0 aliphatic carbocycles. The molecular weight excluding hydrogens is 1230 g/mol. The summed E-state index contributed by atoms with van der Waals surface area (Å²) in [5.74, 6) is 0.147. The van der Waals surface area contributed by atoms with Crippen LogP contribution in [0.15, 0.2) is 0 Å². The summed E-state index contributed by atoms with van der Waals surface area (Å²) in [5.41, 5.74) is 0. The lowest BCUT2D eigenvalue weighted by atomic mass is 9.99. The number of aliphatic hydroxyl groups excluding tert-OH is 1. The molecule has 0 aromatic carbocycles. The lowest BCUT2D eigenvalue weighted by Gasteiger charge is -2.21. The van der Waals surface area contributed by atoms with Gasteiger partial charge in [-0.1, -0.05) is 331 Å². The average molecular weight is 1380 g/mol. The van der Waals surface area contributed by atoms with Gasteiger partial charge in [0, 0.05) is 25.7 Å². The topological polar surface area (TPSA) is 237 Å². The maximum atomic E-state index is 13.1. The van der Waals surface area contributed by atoms with Gasteiger partial charge in [0.2, 0.25) is 0 Å². The Morgan fingerprint density at radius 3 is 0.809 bits per heavy atom. The summed E-state index contributed by atoms with van der Waals surface area (Å²) < 4.78 is 68.5. The molecule has 0 amide bonds. The molecule has 0 heterocycles. The molecule has 0 rings (SSSR count). The summed E-state index contributed by atoms with van der Waals surface area (Å²) in [4.78, 5) is 72.8. The van der Waals surface area contributed by atoms with Crippen LogP contribution in [0.2, 0.25) is 0 Å². The van der Waals surface area contributed by atoms with Gasteiger partial charge in [-0.15, -0.1) is 0 Å². The van der Waals surface area contributed by atoms with E-state index in [-0.39, 0.29) is 25.7 Å². The fourth-order valence-electron chi connectivity index (χ4n) is 11.4. The minimum atomic E-state index is -4.96. The van der Waals surface area contributed by atoms with Crippen LogP contribution in [-0.2, 0) is 65.4 Å². The van der Waals surface area contributed by atoms with Crippen LogP contribution in [0.3, 0.4) is 0 Å². The summed E-state index contributed by atoms with van der Waals surface area (Å²) in [7, 11) is -9.91. The zero-order chi connectivity index (χ0) is 69.4. The molecule has 0 spiro atoms. The van der Waals surface area contributed by atoms with Crippen LogP contribution in [-0.4, -0.2) is 96.7 Å². The first-order valence-electron chi connectivity index (χ1n) is 38.9. The van der Waals surface area contributed by atoms with Gasteiger partial charge in [-0.25, -0.2) is 9.13 Å². The van der Waals surface area contributed by atoms with Crippen molar-refractivity contribution in [3.8, 4) is 0 Å². The molecule has 558 valence electrons. The number of ether oxygens (including phenoxy) is 4. The van der Waals surface area contributed by atoms with Gasteiger partial charge in [0.15, 0.2) is 12.2 Å². The van der Waals surface area contributed by atoms with E-state index >= 15 is 0 Å². The van der Waals surface area contributed by atoms with Crippen molar-refractivity contribution in [3.63, 3.8) is 0 Å². The minimum Gasteiger partial charge on any atom is -0.462 e. The number of phosphoric ester groups is 2. The van der Waals surface area contributed by atoms with Crippen LogP contribution in [0.4, 0.5) is 0 Å². The maximum absolute atomic E-state index is 13.1. The molecule has 17 nitrogen and oxygen atoms in total. The monoisotopic (exact) mass is 1380 g/mol. The first kappa shape index (κ1) is 92.1. The number of hydrogen-bond acceptors (Lipinski definition) is 15. The molecule has 0 aromatic heterocycles. The molecule has 94 heavy (non-hydrogen) atoms. The summed E-state index contributed by atoms with van der Waals surface area (Å²) in [6.45, 7) is 11.9. The summed E-state index contributed by atoms with van der Waals surface area (Å²) >= 11 is 0. The molecule has 0 saturated carbocycles. The number of carbonyl (C=O) groups excluding carboxylic acids is 4. The number of rotatable bonds is 73. The van der Waals surface area contributed by atoms with Gasteiger partial charge in [-0.3, -0.25) is 37.3 Å². The van der Waals surface area contributed by atoms with Crippen molar-refractivity contribution in [1.29, 1.82) is 0 Å². The Balaban J connectivity index is 5.26. The molecule has 3 N–H and O–H groups in total. The lowest BCUT2D eigenvalue weighted by Crippen LogP contribution is -2.30. The largest absolute Gasteiger partial charge is 0.472 e. The van der Waals surface area contributed by atoms with Gasteiger partial charge in [0.05, 0.1) is 26.4 Å². The third-order valence-electron chi connectivity index (χ3n) is 17.7. The molecule has 0 aromatic rings. The van der Waals surface area contributed by atoms with E-state index in [2.05, 4.69) is 48.5 Å². The Morgan fingerprint density at radius 2 is 0.543 bits per heavy atom. The number of hydrogen-bond donors (Lipinski definition) is 3. The van der Waals surface area contributed by atoms with E-state index in [0.29, 0.717) is 31.6 Å². The second-order valence-electron chi connectivity index (χ2n) is 28.2. The molecule has 3 unspecified atom stereocenters. The Hall–Kier alpha value is -1.94. The Labute approximate surface area is 575 Å². The van der Waals surface area contributed by atoms with E-state index in [9.17, 15) is 43.2 Å². The van der Waals surface area contributed by atoms with Gasteiger partial charge >= 0.3 is 39.5 Å². The lowest BCUT2D eigenvalue weighted by molar-refractivity contribution is -0.161. The zero-order valence-electron chi connectivity index (χ0n) is 61.4. The highest BCUT2D eigenvalue weighted by molar-refractivity contribution is 7.47. The standard InChI is InChI=1S/C75H146O17P2/c1-8-10-11-12-13-14-15-16-17-18-19-20-21-29-36-44-51-58-74(79)91-70(62-85-72(77)56-49-42-35-28-25-23-27-34-41-48-55-68(7)9-2)64-89-93(81,82)87-60-69(76)61-88-94(83,84)90-65-71(63-86-73(78)57-50-43-38-31-33-40-47-54-67(5)6)92-75(80)59-52-45-37-30-24-22-26-32-39-46-53-66(3)4/h66-71,76H,8-65H2,1-7H3,(H,81,82)(H,83,84)/t68?,69-,70-,71-/m1/s1. The first-order chi connectivity index (χ1) is 45.3. The van der Waals surface area contributed by atoms with Crippen LogP contribution in [0.5, 0.6) is 0 Å². The molecule has 6 atom stereocenters. The van der Waals surface area contributed by atoms with Crippen molar-refractivity contribution in [2.75, 3.05) is 39.6 Å². The SMILES string of the molecule is CCCCCCCCCCCCCCCCCCCC(=O)O[C@H](COC(=O)CCCCCCCCCCCCC(C)CC)COP(=O)(O)OC[C@@H](O)COP(=O)(O)OC[C@@H](COC(=O)CCCCCCCCCC(C)C)OC(=O)CCCCCCCCCCCCC(C)C. The Bertz CT molecular complexity index is 1840. The van der Waals surface area contributed by atoms with Crippen molar-refractivity contribution in [3.05, 3.63) is 0 Å². The zero-order valence-corrected chi connectivity index (χ0v) is 63.2. The van der Waals surface area contributed by atoms with Crippen molar-refractivity contribution in [2.45, 2.75) is 401 Å². The van der Waals surface area contributed by atoms with Crippen molar-refractivity contribution < 1.29 is 80.2 Å². The van der Waals surface area contributed by atoms with Gasteiger partial charge in [-0.2, -0.15) is 0 Å². The average Bonchev–Trinajstić information content (AvgIpc) is 1.30. The molecule has 0 aliphatic heterocycles. The van der Waals surface area contributed by atoms with Gasteiger partial charge in [0.25, 0.3) is 0 Å². The van der Waals surface area contributed by atoms with Crippen LogP contribution in [0.25, 0.3) is 0 Å². The second kappa shape index (κ2) is 65.7. The van der Waals surface area contributed by atoms with E-state index in [1.165, 1.54) is 186 Å². The van der Waals surface area contributed by atoms with Crippen molar-refractivity contribution >= 4 is 39.5 Å². The molecule has 0 aliphatic rings. The predicted molar refractivity (Wildman–Crippen MR) is 381 cm³/mol. The van der Waals surface area contributed by atoms with Crippen LogP contribution in [0.1, 0.15) is 382 Å². The number of aliphatic hydroxyl groups is 1. The maximum Gasteiger partial charge on any atom is 0.472 e. The van der Waals surface area contributed by atoms with Gasteiger partial charge in [0.1, 0.15) is 19.3 Å². The fraction of sp³-hybridized carbons (Fsp3) is 0.947. The first-order valence-corrected chi connectivity index (χ1v) is 41.9. The predicted octanol–water partition coefficient (Wildman–Crippen LogP) is 21.8. The smallest absolute Gasteiger partial charge is 0.462 e. The summed E-state index contributed by atoms with van der Waals surface area (Å²) in [5, 5.41) is 10.6. The van der Waals surface area contributed by atoms with Crippen LogP contribution in [0, 0.1) is 17.8 Å². The molecule has 0 radical (unpaired) electrons. The van der Waals surface area contributed by atoms with Crippen LogP contribution < -0.4 is 0 Å². The highest BCUT2D eigenvalue weighted by atomic mass is 31.2. The molecule has 0 bridgehead atoms. The molecule has 19 heteroatoms.